The SMILES string of the molecule is Cc1cc(Oc2ccccc2F)ncc1-n1ncc(C(=O)c2cc3cc(OC(F)F)c(N4CCCS4(=O)=O)cc3[nH]2)c1N. The summed E-state index contributed by atoms with van der Waals surface area (Å²) in [5.74, 6) is -1.38. The Hall–Kier alpha value is -5.05. The molecule has 0 amide bonds. The lowest BCUT2D eigenvalue weighted by molar-refractivity contribution is -0.0493. The average Bonchev–Trinajstić information content (AvgIpc) is 3.64. The first-order valence-electron chi connectivity index (χ1n) is 12.9. The molecule has 4 heterocycles. The molecule has 0 unspecified atom stereocenters. The van der Waals surface area contributed by atoms with Crippen LogP contribution in [0.4, 0.5) is 24.7 Å². The van der Waals surface area contributed by atoms with Gasteiger partial charge in [0.15, 0.2) is 17.3 Å². The summed E-state index contributed by atoms with van der Waals surface area (Å²) in [4.78, 5) is 20.6. The second-order valence-electron chi connectivity index (χ2n) is 9.74. The van der Waals surface area contributed by atoms with Gasteiger partial charge < -0.3 is 20.2 Å². The molecule has 43 heavy (non-hydrogen) atoms. The molecule has 0 radical (unpaired) electrons. The van der Waals surface area contributed by atoms with Gasteiger partial charge in [-0.3, -0.25) is 9.10 Å². The van der Waals surface area contributed by atoms with Gasteiger partial charge in [0.2, 0.25) is 21.7 Å². The Bertz CT molecular complexity index is 1990. The first-order valence-corrected chi connectivity index (χ1v) is 14.5. The van der Waals surface area contributed by atoms with Crippen LogP contribution in [0.15, 0.2) is 60.9 Å². The van der Waals surface area contributed by atoms with Crippen molar-refractivity contribution < 1.29 is 35.9 Å². The van der Waals surface area contributed by atoms with Crippen LogP contribution in [0.1, 0.15) is 28.0 Å². The van der Waals surface area contributed by atoms with Gasteiger partial charge >= 0.3 is 6.61 Å². The Balaban J connectivity index is 1.31. The summed E-state index contributed by atoms with van der Waals surface area (Å²) in [7, 11) is -3.70. The summed E-state index contributed by atoms with van der Waals surface area (Å²) in [6.45, 7) is -1.34. The van der Waals surface area contributed by atoms with Crippen LogP contribution >= 0.6 is 0 Å². The number of halogens is 3. The van der Waals surface area contributed by atoms with E-state index in [0.29, 0.717) is 28.6 Å². The highest BCUT2D eigenvalue weighted by molar-refractivity contribution is 7.93. The highest BCUT2D eigenvalue weighted by Crippen LogP contribution is 2.38. The van der Waals surface area contributed by atoms with E-state index in [2.05, 4.69) is 19.8 Å². The van der Waals surface area contributed by atoms with E-state index in [-0.39, 0.29) is 52.4 Å². The number of nitrogen functional groups attached to an aromatic ring is 1. The first-order chi connectivity index (χ1) is 20.5. The van der Waals surface area contributed by atoms with Crippen LogP contribution in [-0.2, 0) is 10.0 Å². The maximum absolute atomic E-state index is 14.0. The van der Waals surface area contributed by atoms with Crippen LogP contribution in [0.3, 0.4) is 0 Å². The summed E-state index contributed by atoms with van der Waals surface area (Å²) < 4.78 is 77.8. The molecule has 5 aromatic rings. The highest BCUT2D eigenvalue weighted by atomic mass is 32.2. The molecule has 0 atom stereocenters. The summed E-state index contributed by atoms with van der Waals surface area (Å²) in [5, 5.41) is 4.59. The van der Waals surface area contributed by atoms with Gasteiger partial charge in [0.1, 0.15) is 5.82 Å². The minimum atomic E-state index is -3.70. The number of aromatic amines is 1. The number of benzene rings is 2. The van der Waals surface area contributed by atoms with Crippen LogP contribution in [0.25, 0.3) is 16.6 Å². The molecule has 0 aliphatic carbocycles. The third kappa shape index (κ3) is 5.22. The quantitative estimate of drug-likeness (QED) is 0.234. The van der Waals surface area contributed by atoms with Crippen molar-refractivity contribution in [1.82, 2.24) is 19.7 Å². The minimum absolute atomic E-state index is 0.00176. The smallest absolute Gasteiger partial charge is 0.387 e. The van der Waals surface area contributed by atoms with Crippen molar-refractivity contribution in [3.63, 3.8) is 0 Å². The topological polar surface area (TPSA) is 145 Å². The molecule has 1 aliphatic rings. The molecule has 1 fully saturated rings. The van der Waals surface area contributed by atoms with Crippen LogP contribution in [0.2, 0.25) is 0 Å². The number of fused-ring (bicyclic) bond motifs is 1. The second-order valence-corrected chi connectivity index (χ2v) is 11.7. The number of sulfonamides is 1. The zero-order chi connectivity index (χ0) is 30.5. The number of carbonyl (C=O) groups excluding carboxylic acids is 1. The summed E-state index contributed by atoms with van der Waals surface area (Å²) in [5.41, 5.74) is 7.77. The van der Waals surface area contributed by atoms with Crippen molar-refractivity contribution in [3.05, 3.63) is 83.6 Å². The second kappa shape index (κ2) is 10.7. The normalized spacial score (nSPS) is 14.5. The van der Waals surface area contributed by atoms with E-state index in [9.17, 15) is 26.4 Å². The predicted molar refractivity (Wildman–Crippen MR) is 151 cm³/mol. The number of carbonyl (C=O) groups is 1. The average molecular weight is 613 g/mol. The number of nitrogens with one attached hydrogen (secondary N) is 1. The Labute approximate surface area is 242 Å². The number of hydrogen-bond donors (Lipinski definition) is 2. The number of nitrogens with two attached hydrogens (primary N) is 1. The number of ketones is 1. The molecule has 3 aromatic heterocycles. The molecule has 2 aromatic carbocycles. The third-order valence-electron chi connectivity index (χ3n) is 6.92. The fourth-order valence-electron chi connectivity index (χ4n) is 4.88. The standard InChI is InChI=1S/C28H23F3N6O5S/c1-15-9-25(41-23-6-3-2-5-18(23)29)33-14-22(15)37-27(32)17(13-34-37)26(38)20-10-16-11-24(42-28(30)31)21(12-19(16)35-20)36-7-4-8-43(36,39)40/h2-3,5-6,9-14,28,35H,4,7-8,32H2,1H3. The number of pyridine rings is 1. The van der Waals surface area contributed by atoms with E-state index in [1.807, 2.05) is 0 Å². The summed E-state index contributed by atoms with van der Waals surface area (Å²) in [6, 6.07) is 11.5. The fourth-order valence-corrected chi connectivity index (χ4v) is 6.44. The number of aryl methyl sites for hydroxylation is 1. The molecular weight excluding hydrogens is 589 g/mol. The number of alkyl halides is 2. The number of hydrogen-bond acceptors (Lipinski definition) is 8. The Morgan fingerprint density at radius 3 is 2.58 bits per heavy atom. The van der Waals surface area contributed by atoms with Gasteiger partial charge in [-0.2, -0.15) is 13.9 Å². The molecule has 0 bridgehead atoms. The number of nitrogens with zero attached hydrogens (tertiary/aromatic N) is 4. The molecule has 3 N–H and O–H groups in total. The van der Waals surface area contributed by atoms with Crippen molar-refractivity contribution in [2.24, 2.45) is 0 Å². The molecule has 15 heteroatoms. The Morgan fingerprint density at radius 1 is 1.09 bits per heavy atom. The van der Waals surface area contributed by atoms with Crippen LogP contribution in [0, 0.1) is 12.7 Å². The monoisotopic (exact) mass is 612 g/mol. The van der Waals surface area contributed by atoms with Crippen molar-refractivity contribution >= 4 is 38.2 Å². The van der Waals surface area contributed by atoms with Crippen molar-refractivity contribution in [2.75, 3.05) is 22.3 Å². The summed E-state index contributed by atoms with van der Waals surface area (Å²) in [6.07, 6.45) is 3.03. The Kier molecular flexibility index (Phi) is 6.96. The maximum Gasteiger partial charge on any atom is 0.387 e. The molecule has 6 rings (SSSR count). The molecule has 1 aliphatic heterocycles. The predicted octanol–water partition coefficient (Wildman–Crippen LogP) is 4.94. The lowest BCUT2D eigenvalue weighted by Crippen LogP contribution is -2.26. The van der Waals surface area contributed by atoms with Gasteiger partial charge in [0.05, 0.1) is 40.8 Å². The maximum atomic E-state index is 14.0. The van der Waals surface area contributed by atoms with Gasteiger partial charge in [-0.15, -0.1) is 0 Å². The van der Waals surface area contributed by atoms with E-state index >= 15 is 0 Å². The number of ether oxygens (including phenoxy) is 2. The molecule has 11 nitrogen and oxygen atoms in total. The van der Waals surface area contributed by atoms with E-state index in [1.165, 1.54) is 53.5 Å². The molecule has 0 spiro atoms. The zero-order valence-corrected chi connectivity index (χ0v) is 23.2. The number of rotatable bonds is 8. The van der Waals surface area contributed by atoms with Crippen LogP contribution in [0.5, 0.6) is 17.4 Å². The van der Waals surface area contributed by atoms with E-state index in [4.69, 9.17) is 10.5 Å². The van der Waals surface area contributed by atoms with Crippen molar-refractivity contribution in [3.8, 4) is 23.1 Å². The van der Waals surface area contributed by atoms with E-state index < -0.39 is 28.2 Å². The van der Waals surface area contributed by atoms with Gasteiger partial charge in [0.25, 0.3) is 0 Å². The third-order valence-corrected chi connectivity index (χ3v) is 8.77. The first kappa shape index (κ1) is 28.1. The fraction of sp³-hybridized carbons (Fsp3) is 0.179. The van der Waals surface area contributed by atoms with Crippen molar-refractivity contribution in [1.29, 1.82) is 0 Å². The van der Waals surface area contributed by atoms with E-state index in [0.717, 1.165) is 4.31 Å². The molecular formula is C28H23F3N6O5S. The largest absolute Gasteiger partial charge is 0.436 e. The highest BCUT2D eigenvalue weighted by Gasteiger charge is 2.32. The lowest BCUT2D eigenvalue weighted by atomic mass is 10.1. The van der Waals surface area contributed by atoms with Crippen LogP contribution < -0.4 is 19.5 Å². The summed E-state index contributed by atoms with van der Waals surface area (Å²) >= 11 is 0. The molecule has 0 saturated carbocycles. The number of H-pyrrole nitrogens is 1. The number of aromatic nitrogens is 4. The number of anilines is 2. The van der Waals surface area contributed by atoms with Gasteiger partial charge in [-0.05, 0) is 49.2 Å². The zero-order valence-electron chi connectivity index (χ0n) is 22.4. The van der Waals surface area contributed by atoms with Gasteiger partial charge in [0, 0.05) is 23.5 Å². The van der Waals surface area contributed by atoms with Gasteiger partial charge in [-0.1, -0.05) is 12.1 Å². The van der Waals surface area contributed by atoms with Crippen molar-refractivity contribution in [2.45, 2.75) is 20.0 Å². The molecule has 1 saturated heterocycles. The number of para-hydroxylation sites is 1. The lowest BCUT2D eigenvalue weighted by Gasteiger charge is -2.20. The van der Waals surface area contributed by atoms with Crippen LogP contribution in [-0.4, -0.2) is 52.9 Å². The van der Waals surface area contributed by atoms with E-state index in [1.54, 1.807) is 19.1 Å². The Morgan fingerprint density at radius 2 is 1.88 bits per heavy atom. The van der Waals surface area contributed by atoms with Gasteiger partial charge in [-0.25, -0.2) is 22.5 Å². The molecule has 222 valence electrons. The minimum Gasteiger partial charge on any atom is -0.436 e.